The Balaban J connectivity index is 2.24. The highest BCUT2D eigenvalue weighted by atomic mass is 19.4. The monoisotopic (exact) mass is 387 g/mol. The zero-order valence-corrected chi connectivity index (χ0v) is 13.8. The fourth-order valence-electron chi connectivity index (χ4n) is 2.48. The molecular weight excluding hydrogens is 372 g/mol. The van der Waals surface area contributed by atoms with Crippen LogP contribution in [-0.4, -0.2) is 12.0 Å². The van der Waals surface area contributed by atoms with Crippen LogP contribution < -0.4 is 5.73 Å². The first-order chi connectivity index (χ1) is 12.5. The smallest absolute Gasteiger partial charge is 0.399 e. The summed E-state index contributed by atoms with van der Waals surface area (Å²) in [5.74, 6) is -3.20. The molecular formula is C19H15F6NO. The highest BCUT2D eigenvalue weighted by Crippen LogP contribution is 2.39. The van der Waals surface area contributed by atoms with Gasteiger partial charge in [-0.15, -0.1) is 0 Å². The number of allylic oxidation sites excluding steroid dienone is 1. The van der Waals surface area contributed by atoms with Crippen molar-refractivity contribution in [1.82, 2.24) is 0 Å². The Morgan fingerprint density at radius 1 is 1.00 bits per heavy atom. The third-order valence-corrected chi connectivity index (χ3v) is 3.79. The van der Waals surface area contributed by atoms with Crippen molar-refractivity contribution in [2.24, 2.45) is 0 Å². The molecule has 0 radical (unpaired) electrons. The molecule has 0 aromatic heterocycles. The largest absolute Gasteiger partial charge is 0.416 e. The minimum Gasteiger partial charge on any atom is -0.399 e. The molecule has 0 saturated heterocycles. The number of carbonyl (C=O) groups is 1. The average molecular weight is 387 g/mol. The van der Waals surface area contributed by atoms with Crippen LogP contribution in [0.4, 0.5) is 32.0 Å². The second-order valence-corrected chi connectivity index (χ2v) is 5.89. The number of carbonyl (C=O) groups excluding carboxylic acids is 1. The van der Waals surface area contributed by atoms with Gasteiger partial charge in [0.15, 0.2) is 5.78 Å². The van der Waals surface area contributed by atoms with Gasteiger partial charge in [-0.05, 0) is 35.4 Å². The Labute approximate surface area is 151 Å². The summed E-state index contributed by atoms with van der Waals surface area (Å²) in [6.45, 7) is 0. The lowest BCUT2D eigenvalue weighted by atomic mass is 9.91. The van der Waals surface area contributed by atoms with E-state index in [0.29, 0.717) is 23.4 Å². The summed E-state index contributed by atoms with van der Waals surface area (Å²) < 4.78 is 78.3. The van der Waals surface area contributed by atoms with Crippen molar-refractivity contribution in [3.63, 3.8) is 0 Å². The summed E-state index contributed by atoms with van der Waals surface area (Å²) in [5.41, 5.74) is 4.70. The number of nitrogens with two attached hydrogens (primary N) is 1. The highest BCUT2D eigenvalue weighted by molar-refractivity contribution is 5.94. The number of nitrogen functional groups attached to an aromatic ring is 1. The summed E-state index contributed by atoms with van der Waals surface area (Å²) >= 11 is 0. The molecule has 1 atom stereocenters. The molecule has 2 rings (SSSR count). The van der Waals surface area contributed by atoms with Crippen LogP contribution in [0.25, 0.3) is 6.08 Å². The summed E-state index contributed by atoms with van der Waals surface area (Å²) in [7, 11) is 0. The van der Waals surface area contributed by atoms with Crippen LogP contribution in [0, 0.1) is 0 Å². The third-order valence-electron chi connectivity index (χ3n) is 3.79. The molecule has 144 valence electrons. The zero-order valence-electron chi connectivity index (χ0n) is 13.8. The van der Waals surface area contributed by atoms with Gasteiger partial charge in [-0.3, -0.25) is 4.79 Å². The van der Waals surface area contributed by atoms with Gasteiger partial charge in [0.1, 0.15) is 0 Å². The summed E-state index contributed by atoms with van der Waals surface area (Å²) in [4.78, 5) is 12.0. The van der Waals surface area contributed by atoms with Crippen molar-refractivity contribution in [1.29, 1.82) is 0 Å². The van der Waals surface area contributed by atoms with Crippen LogP contribution in [0.3, 0.4) is 0 Å². The molecule has 0 spiro atoms. The number of ketones is 1. The molecule has 0 bridgehead atoms. The van der Waals surface area contributed by atoms with E-state index in [4.69, 9.17) is 5.73 Å². The molecule has 0 aliphatic rings. The first kappa shape index (κ1) is 20.5. The van der Waals surface area contributed by atoms with Crippen LogP contribution in [-0.2, 0) is 11.0 Å². The van der Waals surface area contributed by atoms with E-state index in [1.165, 1.54) is 12.1 Å². The number of hydrogen-bond acceptors (Lipinski definition) is 2. The van der Waals surface area contributed by atoms with E-state index >= 15 is 0 Å². The maximum Gasteiger partial charge on any atom is 0.416 e. The van der Waals surface area contributed by atoms with Gasteiger partial charge in [0.25, 0.3) is 0 Å². The van der Waals surface area contributed by atoms with Gasteiger partial charge in [0, 0.05) is 12.1 Å². The Kier molecular flexibility index (Phi) is 5.98. The number of hydrogen-bond donors (Lipinski definition) is 1. The molecule has 2 aromatic carbocycles. The molecule has 8 heteroatoms. The van der Waals surface area contributed by atoms with Crippen molar-refractivity contribution in [3.05, 3.63) is 71.3 Å². The van der Waals surface area contributed by atoms with Crippen LogP contribution in [0.5, 0.6) is 0 Å². The number of anilines is 1. The summed E-state index contributed by atoms with van der Waals surface area (Å²) in [5, 5.41) is 0. The molecule has 0 heterocycles. The van der Waals surface area contributed by atoms with Gasteiger partial charge in [-0.25, -0.2) is 0 Å². The Hall–Kier alpha value is -2.77. The molecule has 0 fully saturated rings. The summed E-state index contributed by atoms with van der Waals surface area (Å²) in [6.07, 6.45) is -8.38. The predicted molar refractivity (Wildman–Crippen MR) is 89.8 cm³/mol. The van der Waals surface area contributed by atoms with E-state index < -0.39 is 41.6 Å². The van der Waals surface area contributed by atoms with Crippen LogP contribution in [0.2, 0.25) is 0 Å². The maximum absolute atomic E-state index is 13.3. The molecule has 1 unspecified atom stereocenters. The quantitative estimate of drug-likeness (QED) is 0.412. The van der Waals surface area contributed by atoms with E-state index in [0.717, 1.165) is 18.2 Å². The van der Waals surface area contributed by atoms with E-state index in [1.807, 2.05) is 0 Å². The van der Waals surface area contributed by atoms with E-state index in [9.17, 15) is 31.1 Å². The SMILES string of the molecule is Nc1cccc(/C=C/C(=O)CC(c2cccc(C(F)(F)F)c2)C(F)(F)F)c1. The fourth-order valence-corrected chi connectivity index (χ4v) is 2.48. The highest BCUT2D eigenvalue weighted by Gasteiger charge is 2.42. The van der Waals surface area contributed by atoms with E-state index in [-0.39, 0.29) is 0 Å². The number of benzene rings is 2. The molecule has 2 nitrogen and oxygen atoms in total. The van der Waals surface area contributed by atoms with Gasteiger partial charge >= 0.3 is 12.4 Å². The molecule has 0 amide bonds. The van der Waals surface area contributed by atoms with E-state index in [1.54, 1.807) is 18.2 Å². The van der Waals surface area contributed by atoms with Crippen molar-refractivity contribution in [3.8, 4) is 0 Å². The lowest BCUT2D eigenvalue weighted by Crippen LogP contribution is -2.23. The van der Waals surface area contributed by atoms with E-state index in [2.05, 4.69) is 0 Å². The molecule has 2 aromatic rings. The van der Waals surface area contributed by atoms with Gasteiger partial charge < -0.3 is 5.73 Å². The van der Waals surface area contributed by atoms with Crippen LogP contribution in [0.1, 0.15) is 29.0 Å². The number of rotatable bonds is 5. The Morgan fingerprint density at radius 2 is 1.67 bits per heavy atom. The molecule has 2 N–H and O–H groups in total. The summed E-state index contributed by atoms with van der Waals surface area (Å²) in [6, 6.07) is 9.27. The second kappa shape index (κ2) is 7.85. The second-order valence-electron chi connectivity index (χ2n) is 5.89. The Morgan fingerprint density at radius 3 is 2.26 bits per heavy atom. The van der Waals surface area contributed by atoms with Gasteiger partial charge in [-0.1, -0.05) is 36.4 Å². The number of alkyl halides is 6. The van der Waals surface area contributed by atoms with Crippen molar-refractivity contribution in [2.45, 2.75) is 24.7 Å². The average Bonchev–Trinajstić information content (AvgIpc) is 2.56. The lowest BCUT2D eigenvalue weighted by Gasteiger charge is -2.20. The minimum absolute atomic E-state index is 0.418. The third kappa shape index (κ3) is 5.87. The van der Waals surface area contributed by atoms with Gasteiger partial charge in [-0.2, -0.15) is 26.3 Å². The van der Waals surface area contributed by atoms with Crippen molar-refractivity contribution < 1.29 is 31.1 Å². The normalized spacial score (nSPS) is 13.7. The molecule has 0 saturated carbocycles. The minimum atomic E-state index is -4.87. The fraction of sp³-hybridized carbons (Fsp3) is 0.211. The topological polar surface area (TPSA) is 43.1 Å². The predicted octanol–water partition coefficient (Wildman–Crippen LogP) is 5.61. The molecule has 0 aliphatic heterocycles. The molecule has 0 aliphatic carbocycles. The standard InChI is InChI=1S/C19H15F6NO/c20-18(21,22)14-5-2-4-13(10-14)17(19(23,24)25)11-16(27)8-7-12-3-1-6-15(26)9-12/h1-10,17H,11,26H2/b8-7+. The first-order valence-electron chi connectivity index (χ1n) is 7.77. The number of halogens is 6. The first-order valence-corrected chi connectivity index (χ1v) is 7.77. The van der Waals surface area contributed by atoms with Crippen molar-refractivity contribution in [2.75, 3.05) is 5.73 Å². The van der Waals surface area contributed by atoms with Gasteiger partial charge in [0.05, 0.1) is 11.5 Å². The zero-order chi connectivity index (χ0) is 20.2. The lowest BCUT2D eigenvalue weighted by molar-refractivity contribution is -0.156. The maximum atomic E-state index is 13.3. The van der Waals surface area contributed by atoms with Crippen LogP contribution >= 0.6 is 0 Å². The Bertz CT molecular complexity index is 839. The molecule has 27 heavy (non-hydrogen) atoms. The van der Waals surface area contributed by atoms with Crippen LogP contribution in [0.15, 0.2) is 54.6 Å². The van der Waals surface area contributed by atoms with Crippen molar-refractivity contribution >= 4 is 17.5 Å². The van der Waals surface area contributed by atoms with Gasteiger partial charge in [0.2, 0.25) is 0 Å².